The summed E-state index contributed by atoms with van der Waals surface area (Å²) in [6.45, 7) is 3.80. The molecule has 29 heavy (non-hydrogen) atoms. The summed E-state index contributed by atoms with van der Waals surface area (Å²) in [6.07, 6.45) is 1.56. The van der Waals surface area contributed by atoms with E-state index in [4.69, 9.17) is 11.6 Å². The molecule has 2 heterocycles. The maximum atomic E-state index is 12.7. The number of hydrogen-bond donors (Lipinski definition) is 1. The quantitative estimate of drug-likeness (QED) is 0.287. The summed E-state index contributed by atoms with van der Waals surface area (Å²) >= 11 is 9.21. The van der Waals surface area contributed by atoms with Gasteiger partial charge in [0.05, 0.1) is 5.25 Å². The lowest BCUT2D eigenvalue weighted by atomic mass is 10.2. The number of hydrogen-bond acceptors (Lipinski definition) is 5. The van der Waals surface area contributed by atoms with E-state index in [1.165, 1.54) is 11.8 Å². The highest BCUT2D eigenvalue weighted by molar-refractivity contribution is 8.00. The zero-order valence-corrected chi connectivity index (χ0v) is 18.2. The first-order chi connectivity index (χ1) is 14.0. The van der Waals surface area contributed by atoms with Gasteiger partial charge in [0.25, 0.3) is 0 Å². The summed E-state index contributed by atoms with van der Waals surface area (Å²) in [6, 6.07) is 17.8. The fourth-order valence-corrected chi connectivity index (χ4v) is 4.95. The van der Waals surface area contributed by atoms with E-state index in [9.17, 15) is 4.79 Å². The minimum absolute atomic E-state index is 0.0970. The number of anilines is 1. The van der Waals surface area contributed by atoms with Crippen molar-refractivity contribution < 1.29 is 4.79 Å². The number of carbonyl (C=O) groups excluding carboxylic acids is 1. The van der Waals surface area contributed by atoms with Crippen molar-refractivity contribution in [2.75, 3.05) is 5.32 Å². The van der Waals surface area contributed by atoms with Crippen LogP contribution in [0.3, 0.4) is 0 Å². The SMILES string of the molecule is Cc1ccc(NC(=O)C(C)Sc2ncnc3sc(-c4ccccc4)cc23)cc1Cl. The van der Waals surface area contributed by atoms with Crippen LogP contribution >= 0.6 is 34.7 Å². The molecule has 2 aromatic heterocycles. The van der Waals surface area contributed by atoms with Crippen LogP contribution in [0.2, 0.25) is 5.02 Å². The number of nitrogens with zero attached hydrogens (tertiary/aromatic N) is 2. The first kappa shape index (κ1) is 19.9. The first-order valence-corrected chi connectivity index (χ1v) is 11.1. The van der Waals surface area contributed by atoms with Crippen molar-refractivity contribution in [1.82, 2.24) is 9.97 Å². The molecule has 4 nitrogen and oxygen atoms in total. The Labute approximate surface area is 182 Å². The lowest BCUT2D eigenvalue weighted by Gasteiger charge is -2.12. The van der Waals surface area contributed by atoms with Gasteiger partial charge in [-0.3, -0.25) is 4.79 Å². The third-order valence-electron chi connectivity index (χ3n) is 4.45. The number of aryl methyl sites for hydroxylation is 1. The summed E-state index contributed by atoms with van der Waals surface area (Å²) in [5.41, 5.74) is 2.81. The Hall–Kier alpha value is -2.41. The number of halogens is 1. The van der Waals surface area contributed by atoms with Crippen LogP contribution in [0.1, 0.15) is 12.5 Å². The van der Waals surface area contributed by atoms with Gasteiger partial charge in [0.2, 0.25) is 5.91 Å². The molecule has 0 bridgehead atoms. The number of fused-ring (bicyclic) bond motifs is 1. The second-order valence-corrected chi connectivity index (χ2v) is 9.35. The molecule has 0 saturated heterocycles. The molecule has 0 radical (unpaired) electrons. The monoisotopic (exact) mass is 439 g/mol. The van der Waals surface area contributed by atoms with Gasteiger partial charge >= 0.3 is 0 Å². The summed E-state index contributed by atoms with van der Waals surface area (Å²) in [7, 11) is 0. The molecule has 7 heteroatoms. The van der Waals surface area contributed by atoms with Crippen LogP contribution in [0.4, 0.5) is 5.69 Å². The normalized spacial score (nSPS) is 12.1. The Balaban J connectivity index is 1.54. The largest absolute Gasteiger partial charge is 0.325 e. The van der Waals surface area contributed by atoms with Crippen LogP contribution in [0.15, 0.2) is 66.0 Å². The Morgan fingerprint density at radius 1 is 1.14 bits per heavy atom. The van der Waals surface area contributed by atoms with Gasteiger partial charge < -0.3 is 5.32 Å². The molecule has 1 amide bonds. The number of thiophene rings is 1. The average Bonchev–Trinajstić information content (AvgIpc) is 3.17. The Bertz CT molecular complexity index is 1180. The molecular weight excluding hydrogens is 422 g/mol. The van der Waals surface area contributed by atoms with Crippen LogP contribution in [-0.4, -0.2) is 21.1 Å². The van der Waals surface area contributed by atoms with Crippen molar-refractivity contribution >= 4 is 56.5 Å². The molecular formula is C22H18ClN3OS2. The van der Waals surface area contributed by atoms with Crippen molar-refractivity contribution in [3.05, 3.63) is 71.5 Å². The van der Waals surface area contributed by atoms with Crippen molar-refractivity contribution in [2.45, 2.75) is 24.1 Å². The second kappa shape index (κ2) is 8.53. The fraction of sp³-hybridized carbons (Fsp3) is 0.136. The number of carbonyl (C=O) groups is 1. The summed E-state index contributed by atoms with van der Waals surface area (Å²) in [5.74, 6) is -0.0970. The van der Waals surface area contributed by atoms with E-state index in [0.29, 0.717) is 10.7 Å². The van der Waals surface area contributed by atoms with Crippen molar-refractivity contribution in [3.63, 3.8) is 0 Å². The number of rotatable bonds is 5. The maximum absolute atomic E-state index is 12.7. The summed E-state index contributed by atoms with van der Waals surface area (Å²) in [5, 5.41) is 5.01. The predicted octanol–water partition coefficient (Wildman–Crippen LogP) is 6.44. The zero-order valence-electron chi connectivity index (χ0n) is 15.8. The van der Waals surface area contributed by atoms with E-state index in [1.54, 1.807) is 23.7 Å². The van der Waals surface area contributed by atoms with E-state index in [0.717, 1.165) is 31.2 Å². The molecule has 4 aromatic rings. The maximum Gasteiger partial charge on any atom is 0.237 e. The Kier molecular flexibility index (Phi) is 5.85. The van der Waals surface area contributed by atoms with Gasteiger partial charge in [-0.2, -0.15) is 0 Å². The van der Waals surface area contributed by atoms with Gasteiger partial charge in [0, 0.05) is 21.0 Å². The highest BCUT2D eigenvalue weighted by Crippen LogP contribution is 2.37. The third-order valence-corrected chi connectivity index (χ3v) is 7.06. The van der Waals surface area contributed by atoms with Crippen LogP contribution in [0.25, 0.3) is 20.7 Å². The Morgan fingerprint density at radius 2 is 1.93 bits per heavy atom. The number of thioether (sulfide) groups is 1. The van der Waals surface area contributed by atoms with E-state index in [1.807, 2.05) is 44.2 Å². The lowest BCUT2D eigenvalue weighted by Crippen LogP contribution is -2.22. The number of benzene rings is 2. The van der Waals surface area contributed by atoms with Crippen molar-refractivity contribution in [3.8, 4) is 10.4 Å². The predicted molar refractivity (Wildman–Crippen MR) is 123 cm³/mol. The standard InChI is InChI=1S/C22H18ClN3OS2/c1-13-8-9-16(10-18(13)23)26-20(27)14(2)28-21-17-11-19(15-6-4-3-5-7-15)29-22(17)25-12-24-21/h3-12,14H,1-2H3,(H,26,27). The molecule has 0 spiro atoms. The van der Waals surface area contributed by atoms with Gasteiger partial charge in [-0.25, -0.2) is 9.97 Å². The lowest BCUT2D eigenvalue weighted by molar-refractivity contribution is -0.115. The van der Waals surface area contributed by atoms with Crippen LogP contribution in [0.5, 0.6) is 0 Å². The summed E-state index contributed by atoms with van der Waals surface area (Å²) in [4.78, 5) is 23.5. The topological polar surface area (TPSA) is 54.9 Å². The molecule has 0 fully saturated rings. The number of amides is 1. The average molecular weight is 440 g/mol. The first-order valence-electron chi connectivity index (χ1n) is 9.05. The van der Waals surface area contributed by atoms with Gasteiger partial charge in [-0.1, -0.05) is 59.8 Å². The van der Waals surface area contributed by atoms with Gasteiger partial charge in [-0.05, 0) is 43.2 Å². The van der Waals surface area contributed by atoms with Gasteiger partial charge in [0.1, 0.15) is 16.2 Å². The highest BCUT2D eigenvalue weighted by Gasteiger charge is 2.19. The van der Waals surface area contributed by atoms with E-state index in [-0.39, 0.29) is 11.2 Å². The van der Waals surface area contributed by atoms with E-state index >= 15 is 0 Å². The smallest absolute Gasteiger partial charge is 0.237 e. The molecule has 0 saturated carbocycles. The highest BCUT2D eigenvalue weighted by atomic mass is 35.5. The molecule has 2 aromatic carbocycles. The van der Waals surface area contributed by atoms with Crippen LogP contribution in [-0.2, 0) is 4.79 Å². The van der Waals surface area contributed by atoms with Crippen LogP contribution in [0, 0.1) is 6.92 Å². The minimum atomic E-state index is -0.326. The fourth-order valence-electron chi connectivity index (χ4n) is 2.81. The van der Waals surface area contributed by atoms with E-state index in [2.05, 4.69) is 33.5 Å². The molecule has 1 atom stereocenters. The zero-order chi connectivity index (χ0) is 20.4. The van der Waals surface area contributed by atoms with Crippen molar-refractivity contribution in [1.29, 1.82) is 0 Å². The molecule has 0 aliphatic heterocycles. The third kappa shape index (κ3) is 4.45. The van der Waals surface area contributed by atoms with Gasteiger partial charge in [0.15, 0.2) is 0 Å². The minimum Gasteiger partial charge on any atom is -0.325 e. The molecule has 1 unspecified atom stereocenters. The van der Waals surface area contributed by atoms with Crippen LogP contribution < -0.4 is 5.32 Å². The Morgan fingerprint density at radius 3 is 2.69 bits per heavy atom. The molecule has 1 N–H and O–H groups in total. The molecule has 146 valence electrons. The number of aromatic nitrogens is 2. The second-order valence-electron chi connectivity index (χ2n) is 6.59. The summed E-state index contributed by atoms with van der Waals surface area (Å²) < 4.78 is 0. The van der Waals surface area contributed by atoms with Gasteiger partial charge in [-0.15, -0.1) is 11.3 Å². The molecule has 4 rings (SSSR count). The van der Waals surface area contributed by atoms with E-state index < -0.39 is 0 Å². The molecule has 0 aliphatic carbocycles. The molecule has 0 aliphatic rings. The number of nitrogens with one attached hydrogen (secondary N) is 1. The van der Waals surface area contributed by atoms with Crippen molar-refractivity contribution in [2.24, 2.45) is 0 Å².